The Kier molecular flexibility index (Phi) is 4.56. The van der Waals surface area contributed by atoms with Gasteiger partial charge in [0.1, 0.15) is 10.7 Å². The fourth-order valence-corrected chi connectivity index (χ4v) is 5.21. The van der Waals surface area contributed by atoms with Crippen LogP contribution in [0.3, 0.4) is 0 Å². The predicted molar refractivity (Wildman–Crippen MR) is 103 cm³/mol. The second-order valence-corrected chi connectivity index (χ2v) is 8.99. The molecule has 0 bridgehead atoms. The maximum atomic E-state index is 12.6. The normalized spacial score (nSPS) is 21.0. The van der Waals surface area contributed by atoms with E-state index in [1.54, 1.807) is 35.7 Å². The van der Waals surface area contributed by atoms with Gasteiger partial charge in [-0.25, -0.2) is 0 Å². The van der Waals surface area contributed by atoms with Gasteiger partial charge in [-0.3, -0.25) is 9.59 Å². The molecule has 4 rings (SSSR count). The summed E-state index contributed by atoms with van der Waals surface area (Å²) >= 11 is 1.23. The van der Waals surface area contributed by atoms with Crippen molar-refractivity contribution in [1.29, 1.82) is 0 Å². The molecule has 0 aliphatic carbocycles. The zero-order valence-electron chi connectivity index (χ0n) is 14.3. The summed E-state index contributed by atoms with van der Waals surface area (Å²) < 4.78 is 28.8. The van der Waals surface area contributed by atoms with E-state index in [9.17, 15) is 18.0 Å². The maximum absolute atomic E-state index is 12.6. The Morgan fingerprint density at radius 1 is 1.19 bits per heavy atom. The number of fused-ring (bicyclic) bond motifs is 1. The van der Waals surface area contributed by atoms with E-state index in [1.165, 1.54) is 22.3 Å². The molecule has 2 aliphatic rings. The van der Waals surface area contributed by atoms with Gasteiger partial charge in [-0.15, -0.1) is 15.7 Å². The largest absolute Gasteiger partial charge is 0.342 e. The number of nitrogens with zero attached hydrogens (tertiary/aromatic N) is 2. The molecule has 3 heterocycles. The molecular formula is C18H17N3O4S2. The molecule has 2 aromatic rings. The highest BCUT2D eigenvalue weighted by atomic mass is 32.2. The first-order valence-corrected chi connectivity index (χ1v) is 10.9. The van der Waals surface area contributed by atoms with Crippen LogP contribution in [0, 0.1) is 5.92 Å². The molecule has 0 radical (unpaired) electrons. The first-order chi connectivity index (χ1) is 13.0. The van der Waals surface area contributed by atoms with Crippen molar-refractivity contribution in [3.8, 4) is 0 Å². The molecule has 0 unspecified atom stereocenters. The van der Waals surface area contributed by atoms with Crippen LogP contribution in [-0.2, 0) is 14.8 Å². The highest BCUT2D eigenvalue weighted by molar-refractivity contribution is 7.90. The van der Waals surface area contributed by atoms with Crippen molar-refractivity contribution in [1.82, 2.24) is 4.90 Å². The molecule has 1 N–H and O–H groups in total. The number of anilines is 1. The van der Waals surface area contributed by atoms with E-state index >= 15 is 0 Å². The molecule has 1 fully saturated rings. The number of thiophene rings is 1. The Hall–Kier alpha value is -2.52. The van der Waals surface area contributed by atoms with E-state index in [1.807, 2.05) is 0 Å². The summed E-state index contributed by atoms with van der Waals surface area (Å²) in [4.78, 5) is 26.9. The molecule has 7 nitrogen and oxygen atoms in total. The summed E-state index contributed by atoms with van der Waals surface area (Å²) in [5, 5.41) is 4.84. The average molecular weight is 403 g/mol. The first-order valence-electron chi connectivity index (χ1n) is 8.54. The summed E-state index contributed by atoms with van der Waals surface area (Å²) in [6.07, 6.45) is 1.37. The Balaban J connectivity index is 1.55. The van der Waals surface area contributed by atoms with Crippen molar-refractivity contribution in [2.45, 2.75) is 17.7 Å². The van der Waals surface area contributed by atoms with E-state index in [0.29, 0.717) is 35.8 Å². The summed E-state index contributed by atoms with van der Waals surface area (Å²) in [6.45, 7) is 0.739. The van der Waals surface area contributed by atoms with Crippen LogP contribution in [0.5, 0.6) is 0 Å². The monoisotopic (exact) mass is 403 g/mol. The van der Waals surface area contributed by atoms with Gasteiger partial charge in [0.25, 0.3) is 21.7 Å². The van der Waals surface area contributed by atoms with Crippen LogP contribution in [0.2, 0.25) is 0 Å². The van der Waals surface area contributed by atoms with E-state index in [-0.39, 0.29) is 17.4 Å². The van der Waals surface area contributed by atoms with Crippen LogP contribution in [-0.4, -0.2) is 43.9 Å². The topological polar surface area (TPSA) is 95.9 Å². The lowest BCUT2D eigenvalue weighted by Crippen LogP contribution is -2.46. The number of carbonyl (C=O) groups is 2. The highest BCUT2D eigenvalue weighted by Crippen LogP contribution is 2.30. The molecule has 140 valence electrons. The minimum absolute atomic E-state index is 0.144. The van der Waals surface area contributed by atoms with Crippen molar-refractivity contribution in [3.63, 3.8) is 0 Å². The number of benzene rings is 1. The standard InChI is InChI=1S/C18H17N3O4S2/c22-16(14-7-4-10-26-14)18(23)21-9-3-5-12(11-21)17-19-13-6-1-2-8-15(13)27(24,25)20-17/h1-2,4,6-8,10,12H,3,5,9,11H2,(H,19,20)/t12-/m1/s1. The van der Waals surface area contributed by atoms with Gasteiger partial charge >= 0.3 is 0 Å². The Morgan fingerprint density at radius 3 is 2.78 bits per heavy atom. The van der Waals surface area contributed by atoms with Gasteiger partial charge in [-0.1, -0.05) is 18.2 Å². The SMILES string of the molecule is O=C(C(=O)N1CCC[C@@H](C2=NS(=O)(=O)c3ccccc3N2)C1)c1cccs1. The zero-order valence-corrected chi connectivity index (χ0v) is 15.9. The minimum atomic E-state index is -3.77. The quantitative estimate of drug-likeness (QED) is 0.627. The molecule has 1 saturated heterocycles. The van der Waals surface area contributed by atoms with Gasteiger partial charge < -0.3 is 10.2 Å². The zero-order chi connectivity index (χ0) is 19.0. The molecule has 0 saturated carbocycles. The third kappa shape index (κ3) is 3.40. The van der Waals surface area contributed by atoms with Gasteiger partial charge in [0.2, 0.25) is 0 Å². The second-order valence-electron chi connectivity index (χ2n) is 6.47. The van der Waals surface area contributed by atoms with Crippen molar-refractivity contribution in [2.24, 2.45) is 10.3 Å². The van der Waals surface area contributed by atoms with Gasteiger partial charge in [-0.2, -0.15) is 8.42 Å². The van der Waals surface area contributed by atoms with Crippen LogP contribution >= 0.6 is 11.3 Å². The number of likely N-dealkylation sites (tertiary alicyclic amines) is 1. The number of piperidine rings is 1. The van der Waals surface area contributed by atoms with Crippen molar-refractivity contribution in [2.75, 3.05) is 18.4 Å². The van der Waals surface area contributed by atoms with E-state index in [2.05, 4.69) is 9.71 Å². The van der Waals surface area contributed by atoms with Crippen molar-refractivity contribution in [3.05, 3.63) is 46.7 Å². The van der Waals surface area contributed by atoms with Gasteiger partial charge in [0.05, 0.1) is 10.6 Å². The van der Waals surface area contributed by atoms with Crippen LogP contribution in [0.25, 0.3) is 0 Å². The van der Waals surface area contributed by atoms with Crippen LogP contribution in [0.15, 0.2) is 51.1 Å². The molecule has 1 amide bonds. The maximum Gasteiger partial charge on any atom is 0.295 e. The molecule has 1 atom stereocenters. The van der Waals surface area contributed by atoms with Crippen molar-refractivity contribution >= 4 is 44.6 Å². The molecule has 0 spiro atoms. The Bertz CT molecular complexity index is 1030. The molecule has 9 heteroatoms. The lowest BCUT2D eigenvalue weighted by Gasteiger charge is -2.34. The summed E-state index contributed by atoms with van der Waals surface area (Å²) in [6, 6.07) is 9.95. The first kappa shape index (κ1) is 17.9. The predicted octanol–water partition coefficient (Wildman–Crippen LogP) is 2.38. The number of rotatable bonds is 3. The number of sulfonamides is 1. The molecule has 1 aromatic carbocycles. The van der Waals surface area contributed by atoms with Crippen LogP contribution in [0.4, 0.5) is 5.69 Å². The number of para-hydroxylation sites is 1. The number of ketones is 1. The molecule has 2 aliphatic heterocycles. The number of amides is 1. The molecule has 27 heavy (non-hydrogen) atoms. The van der Waals surface area contributed by atoms with Crippen LogP contribution < -0.4 is 5.32 Å². The number of hydrogen-bond donors (Lipinski definition) is 1. The van der Waals surface area contributed by atoms with E-state index < -0.39 is 21.7 Å². The Labute approximate surface area is 160 Å². The third-order valence-electron chi connectivity index (χ3n) is 4.68. The molecule has 1 aromatic heterocycles. The molecular weight excluding hydrogens is 386 g/mol. The van der Waals surface area contributed by atoms with Gasteiger partial charge in [0, 0.05) is 19.0 Å². The van der Waals surface area contributed by atoms with E-state index in [0.717, 1.165) is 0 Å². The number of Topliss-reactive ketones (excluding diaryl/α,β-unsaturated/α-hetero) is 1. The number of hydrogen-bond acceptors (Lipinski definition) is 6. The van der Waals surface area contributed by atoms with Crippen LogP contribution in [0.1, 0.15) is 22.5 Å². The number of carbonyl (C=O) groups excluding carboxylic acids is 2. The van der Waals surface area contributed by atoms with Crippen molar-refractivity contribution < 1.29 is 18.0 Å². The fourth-order valence-electron chi connectivity index (χ4n) is 3.35. The fraction of sp³-hybridized carbons (Fsp3) is 0.278. The average Bonchev–Trinajstić information content (AvgIpc) is 3.21. The lowest BCUT2D eigenvalue weighted by atomic mass is 9.96. The highest BCUT2D eigenvalue weighted by Gasteiger charge is 2.34. The summed E-state index contributed by atoms with van der Waals surface area (Å²) in [5.41, 5.74) is 0.487. The van der Waals surface area contributed by atoms with Gasteiger partial charge in [-0.05, 0) is 36.4 Å². The smallest absolute Gasteiger partial charge is 0.295 e. The Morgan fingerprint density at radius 2 is 2.00 bits per heavy atom. The van der Waals surface area contributed by atoms with E-state index in [4.69, 9.17) is 0 Å². The summed E-state index contributed by atoms with van der Waals surface area (Å²) in [7, 11) is -3.77. The number of amidine groups is 1. The third-order valence-corrected chi connectivity index (χ3v) is 6.90. The number of nitrogens with one attached hydrogen (secondary N) is 1. The minimum Gasteiger partial charge on any atom is -0.342 e. The lowest BCUT2D eigenvalue weighted by molar-refractivity contribution is -0.127. The van der Waals surface area contributed by atoms with Gasteiger partial charge in [0.15, 0.2) is 0 Å². The summed E-state index contributed by atoms with van der Waals surface area (Å²) in [5.74, 6) is -1.01. The second kappa shape index (κ2) is 6.90.